The molecule has 8 heteroatoms. The van der Waals surface area contributed by atoms with Crippen LogP contribution in [0.25, 0.3) is 10.9 Å². The van der Waals surface area contributed by atoms with Gasteiger partial charge in [-0.25, -0.2) is 0 Å². The van der Waals surface area contributed by atoms with Crippen LogP contribution in [0.1, 0.15) is 48.2 Å². The number of carbonyl (C=O) groups excluding carboxylic acids is 1. The van der Waals surface area contributed by atoms with Crippen molar-refractivity contribution >= 4 is 16.8 Å². The minimum atomic E-state index is -1.05. The molecular weight excluding hydrogens is 500 g/mol. The summed E-state index contributed by atoms with van der Waals surface area (Å²) in [5, 5.41) is 13.6. The monoisotopic (exact) mass is 536 g/mol. The van der Waals surface area contributed by atoms with Crippen molar-refractivity contribution in [2.75, 3.05) is 7.11 Å². The molecule has 5 rings (SSSR count). The van der Waals surface area contributed by atoms with Crippen molar-refractivity contribution in [3.8, 4) is 5.75 Å². The van der Waals surface area contributed by atoms with Crippen molar-refractivity contribution in [1.29, 1.82) is 0 Å². The number of hydrogen-bond acceptors (Lipinski definition) is 5. The summed E-state index contributed by atoms with van der Waals surface area (Å²) in [7, 11) is 1.67. The van der Waals surface area contributed by atoms with Gasteiger partial charge in [-0.05, 0) is 43.5 Å². The number of hydrogen-bond donors (Lipinski definition) is 3. The molecule has 0 radical (unpaired) electrons. The van der Waals surface area contributed by atoms with Crippen molar-refractivity contribution in [3.63, 3.8) is 0 Å². The molecule has 2 aromatic heterocycles. The number of carbonyl (C=O) groups is 1. The topological polar surface area (TPSA) is 111 Å². The van der Waals surface area contributed by atoms with E-state index in [1.165, 1.54) is 5.56 Å². The Labute approximate surface area is 234 Å². The van der Waals surface area contributed by atoms with Crippen LogP contribution in [0.15, 0.2) is 85.1 Å². The molecular formula is C32H36N6O2. The zero-order chi connectivity index (χ0) is 28.1. The van der Waals surface area contributed by atoms with Crippen molar-refractivity contribution in [3.05, 3.63) is 113 Å². The quantitative estimate of drug-likeness (QED) is 0.226. The van der Waals surface area contributed by atoms with E-state index in [0.717, 1.165) is 40.0 Å². The van der Waals surface area contributed by atoms with Gasteiger partial charge >= 0.3 is 0 Å². The summed E-state index contributed by atoms with van der Waals surface area (Å²) in [6, 6.07) is 26.0. The van der Waals surface area contributed by atoms with Crippen LogP contribution in [-0.4, -0.2) is 38.3 Å². The number of rotatable bonds is 11. The molecule has 8 nitrogen and oxygen atoms in total. The molecule has 206 valence electrons. The first-order valence-electron chi connectivity index (χ1n) is 13.6. The minimum absolute atomic E-state index is 0.255. The van der Waals surface area contributed by atoms with Crippen molar-refractivity contribution in [2.45, 2.75) is 51.2 Å². The maximum atomic E-state index is 13.2. The van der Waals surface area contributed by atoms with E-state index in [2.05, 4.69) is 43.3 Å². The van der Waals surface area contributed by atoms with Gasteiger partial charge in [-0.1, -0.05) is 66.7 Å². The normalized spacial score (nSPS) is 12.4. The number of nitrogens with zero attached hydrogens (tertiary/aromatic N) is 3. The van der Waals surface area contributed by atoms with Gasteiger partial charge in [0.05, 0.1) is 25.2 Å². The third kappa shape index (κ3) is 6.07. The van der Waals surface area contributed by atoms with Crippen LogP contribution in [0.3, 0.4) is 0 Å². The first kappa shape index (κ1) is 27.1. The van der Waals surface area contributed by atoms with Crippen LogP contribution < -0.4 is 15.8 Å². The van der Waals surface area contributed by atoms with Gasteiger partial charge in [0.25, 0.3) is 0 Å². The number of aromatic amines is 1. The Morgan fingerprint density at radius 1 is 0.975 bits per heavy atom. The summed E-state index contributed by atoms with van der Waals surface area (Å²) in [6.07, 6.45) is 4.03. The molecule has 0 aliphatic heterocycles. The number of benzene rings is 3. The molecule has 0 bridgehead atoms. The van der Waals surface area contributed by atoms with E-state index < -0.39 is 11.6 Å². The van der Waals surface area contributed by atoms with Gasteiger partial charge in [-0.3, -0.25) is 4.79 Å². The predicted octanol–water partition coefficient (Wildman–Crippen LogP) is 4.74. The second-order valence-corrected chi connectivity index (χ2v) is 10.7. The Morgan fingerprint density at radius 3 is 2.48 bits per heavy atom. The summed E-state index contributed by atoms with van der Waals surface area (Å²) >= 11 is 0. The van der Waals surface area contributed by atoms with E-state index in [1.807, 2.05) is 66.9 Å². The Kier molecular flexibility index (Phi) is 7.98. The lowest BCUT2D eigenvalue weighted by Gasteiger charge is -2.25. The lowest BCUT2D eigenvalue weighted by molar-refractivity contribution is -0.126. The molecule has 0 aliphatic carbocycles. The van der Waals surface area contributed by atoms with E-state index in [9.17, 15) is 4.79 Å². The van der Waals surface area contributed by atoms with Gasteiger partial charge in [-0.2, -0.15) is 0 Å². The third-order valence-electron chi connectivity index (χ3n) is 7.16. The number of amides is 1. The molecule has 40 heavy (non-hydrogen) atoms. The van der Waals surface area contributed by atoms with Gasteiger partial charge in [-0.15, -0.1) is 10.2 Å². The molecule has 1 atom stereocenters. The molecule has 2 heterocycles. The van der Waals surface area contributed by atoms with Crippen LogP contribution in [0.4, 0.5) is 0 Å². The van der Waals surface area contributed by atoms with Crippen molar-refractivity contribution < 1.29 is 9.53 Å². The van der Waals surface area contributed by atoms with Gasteiger partial charge in [0.2, 0.25) is 5.91 Å². The van der Waals surface area contributed by atoms with Gasteiger partial charge in [0.15, 0.2) is 5.82 Å². The van der Waals surface area contributed by atoms with Crippen LogP contribution in [-0.2, 0) is 30.6 Å². The maximum absolute atomic E-state index is 13.2. The number of para-hydroxylation sites is 2. The highest BCUT2D eigenvalue weighted by molar-refractivity contribution is 5.86. The highest BCUT2D eigenvalue weighted by atomic mass is 16.5. The highest BCUT2D eigenvalue weighted by Gasteiger charge is 2.30. The number of nitrogens with two attached hydrogens (primary N) is 1. The number of nitrogens with one attached hydrogen (secondary N) is 2. The number of fused-ring (bicyclic) bond motifs is 1. The molecule has 0 fully saturated rings. The summed E-state index contributed by atoms with van der Waals surface area (Å²) in [6.45, 7) is 3.91. The first-order valence-corrected chi connectivity index (χ1v) is 13.6. The number of ether oxygens (including phenoxy) is 1. The summed E-state index contributed by atoms with van der Waals surface area (Å²) in [5.41, 5.74) is 9.50. The Balaban J connectivity index is 1.56. The Bertz CT molecular complexity index is 1580. The van der Waals surface area contributed by atoms with E-state index in [-0.39, 0.29) is 5.91 Å². The van der Waals surface area contributed by atoms with E-state index >= 15 is 0 Å². The van der Waals surface area contributed by atoms with E-state index in [0.29, 0.717) is 25.2 Å². The molecule has 0 aliphatic rings. The largest absolute Gasteiger partial charge is 0.496 e. The fourth-order valence-corrected chi connectivity index (χ4v) is 4.94. The average Bonchev–Trinajstić information content (AvgIpc) is 3.55. The molecule has 0 saturated heterocycles. The molecule has 5 aromatic rings. The third-order valence-corrected chi connectivity index (χ3v) is 7.16. The Hall–Kier alpha value is -4.43. The SMILES string of the molecule is COc1ccccc1Cn1c(CCc2ccccc2)nnc1C(Cc1c[nH]c2ccccc12)NC(=O)C(C)(C)N. The van der Waals surface area contributed by atoms with Crippen molar-refractivity contribution in [1.82, 2.24) is 25.1 Å². The minimum Gasteiger partial charge on any atom is -0.496 e. The van der Waals surface area contributed by atoms with Crippen LogP contribution >= 0.6 is 0 Å². The maximum Gasteiger partial charge on any atom is 0.240 e. The molecule has 0 saturated carbocycles. The summed E-state index contributed by atoms with van der Waals surface area (Å²) in [5.74, 6) is 2.05. The standard InChI is InChI=1S/C32H36N6O2/c1-32(2,33)31(39)35-27(19-24-20-34-26-15-9-8-14-25(24)26)30-37-36-29(18-17-22-11-5-4-6-12-22)38(30)21-23-13-7-10-16-28(23)40-3/h4-16,20,27,34H,17-19,21,33H2,1-3H3,(H,35,39). The fraction of sp³-hybridized carbons (Fsp3) is 0.281. The average molecular weight is 537 g/mol. The molecule has 4 N–H and O–H groups in total. The van der Waals surface area contributed by atoms with Gasteiger partial charge in [0, 0.05) is 35.5 Å². The Morgan fingerprint density at radius 2 is 1.70 bits per heavy atom. The summed E-state index contributed by atoms with van der Waals surface area (Å²) < 4.78 is 7.78. The molecule has 1 amide bonds. The lowest BCUT2D eigenvalue weighted by atomic mass is 10.0. The van der Waals surface area contributed by atoms with Crippen LogP contribution in [0.2, 0.25) is 0 Å². The second-order valence-electron chi connectivity index (χ2n) is 10.7. The van der Waals surface area contributed by atoms with Gasteiger partial charge < -0.3 is 25.3 Å². The first-order chi connectivity index (χ1) is 19.3. The number of H-pyrrole nitrogens is 1. The number of aromatic nitrogens is 4. The van der Waals surface area contributed by atoms with Crippen molar-refractivity contribution in [2.24, 2.45) is 5.73 Å². The predicted molar refractivity (Wildman–Crippen MR) is 157 cm³/mol. The second kappa shape index (κ2) is 11.8. The van der Waals surface area contributed by atoms with E-state index in [1.54, 1.807) is 21.0 Å². The van der Waals surface area contributed by atoms with Gasteiger partial charge in [0.1, 0.15) is 11.6 Å². The highest BCUT2D eigenvalue weighted by Crippen LogP contribution is 2.27. The molecule has 3 aromatic carbocycles. The zero-order valence-corrected chi connectivity index (χ0v) is 23.2. The summed E-state index contributed by atoms with van der Waals surface area (Å²) in [4.78, 5) is 16.6. The zero-order valence-electron chi connectivity index (χ0n) is 23.2. The fourth-order valence-electron chi connectivity index (χ4n) is 4.94. The van der Waals surface area contributed by atoms with Crippen LogP contribution in [0, 0.1) is 0 Å². The number of aryl methyl sites for hydroxylation is 2. The van der Waals surface area contributed by atoms with Crippen LogP contribution in [0.5, 0.6) is 5.75 Å². The smallest absolute Gasteiger partial charge is 0.240 e. The van der Waals surface area contributed by atoms with E-state index in [4.69, 9.17) is 10.5 Å². The number of methoxy groups -OCH3 is 1. The molecule has 1 unspecified atom stereocenters. The molecule has 0 spiro atoms. The lowest BCUT2D eigenvalue weighted by Crippen LogP contribution is -2.50.